The minimum atomic E-state index is -0.0250. The standard InChI is InChI=1S/C15H18N2O/c1-17-8-6-11(7-9-17)13-3-2-12-4-5-15(18)16-14(12)10-13/h2-5,10-11H,6-9H2,1H3,(H,16,18). The highest BCUT2D eigenvalue weighted by Gasteiger charge is 2.18. The molecule has 3 rings (SSSR count). The van der Waals surface area contributed by atoms with Gasteiger partial charge >= 0.3 is 0 Å². The normalized spacial score (nSPS) is 18.3. The SMILES string of the molecule is CN1CCC(c2ccc3ccc(=O)[nH]c3c2)CC1. The van der Waals surface area contributed by atoms with E-state index in [0.29, 0.717) is 5.92 Å². The minimum Gasteiger partial charge on any atom is -0.322 e. The van der Waals surface area contributed by atoms with Crippen molar-refractivity contribution >= 4 is 10.9 Å². The van der Waals surface area contributed by atoms with Crippen LogP contribution in [-0.4, -0.2) is 30.0 Å². The maximum atomic E-state index is 11.4. The van der Waals surface area contributed by atoms with Gasteiger partial charge in [0.1, 0.15) is 0 Å². The Morgan fingerprint density at radius 3 is 2.67 bits per heavy atom. The molecule has 2 aromatic rings. The third kappa shape index (κ3) is 2.18. The lowest BCUT2D eigenvalue weighted by Crippen LogP contribution is -2.29. The maximum absolute atomic E-state index is 11.4. The molecule has 0 radical (unpaired) electrons. The third-order valence-corrected chi connectivity index (χ3v) is 3.94. The van der Waals surface area contributed by atoms with Gasteiger partial charge in [0.25, 0.3) is 0 Å². The quantitative estimate of drug-likeness (QED) is 0.833. The van der Waals surface area contributed by atoms with E-state index >= 15 is 0 Å². The molecule has 2 heterocycles. The van der Waals surface area contributed by atoms with Crippen LogP contribution in [0.2, 0.25) is 0 Å². The third-order valence-electron chi connectivity index (χ3n) is 3.94. The van der Waals surface area contributed by atoms with E-state index in [0.717, 1.165) is 24.0 Å². The highest BCUT2D eigenvalue weighted by Crippen LogP contribution is 2.28. The van der Waals surface area contributed by atoms with Crippen LogP contribution < -0.4 is 5.56 Å². The fourth-order valence-corrected chi connectivity index (χ4v) is 2.76. The van der Waals surface area contributed by atoms with E-state index in [4.69, 9.17) is 0 Å². The van der Waals surface area contributed by atoms with Gasteiger partial charge in [0.15, 0.2) is 0 Å². The molecule has 3 heteroatoms. The first-order valence-electron chi connectivity index (χ1n) is 6.54. The van der Waals surface area contributed by atoms with Crippen molar-refractivity contribution in [2.24, 2.45) is 0 Å². The summed E-state index contributed by atoms with van der Waals surface area (Å²) in [6.07, 6.45) is 2.41. The molecule has 0 aliphatic carbocycles. The van der Waals surface area contributed by atoms with Crippen molar-refractivity contribution in [2.75, 3.05) is 20.1 Å². The van der Waals surface area contributed by atoms with E-state index in [1.165, 1.54) is 18.4 Å². The van der Waals surface area contributed by atoms with Gasteiger partial charge in [0.05, 0.1) is 0 Å². The summed E-state index contributed by atoms with van der Waals surface area (Å²) in [6.45, 7) is 2.32. The highest BCUT2D eigenvalue weighted by atomic mass is 16.1. The number of piperidine rings is 1. The van der Waals surface area contributed by atoms with Crippen LogP contribution in [0.25, 0.3) is 10.9 Å². The van der Waals surface area contributed by atoms with Crippen LogP contribution in [-0.2, 0) is 0 Å². The van der Waals surface area contributed by atoms with Crippen LogP contribution >= 0.6 is 0 Å². The molecule has 94 valence electrons. The van der Waals surface area contributed by atoms with Crippen molar-refractivity contribution in [3.63, 3.8) is 0 Å². The Balaban J connectivity index is 1.95. The minimum absolute atomic E-state index is 0.0250. The summed E-state index contributed by atoms with van der Waals surface area (Å²) in [5, 5.41) is 1.10. The first kappa shape index (κ1) is 11.5. The Labute approximate surface area is 106 Å². The van der Waals surface area contributed by atoms with E-state index < -0.39 is 0 Å². The van der Waals surface area contributed by atoms with Crippen LogP contribution in [0.4, 0.5) is 0 Å². The van der Waals surface area contributed by atoms with E-state index in [9.17, 15) is 4.79 Å². The first-order chi connectivity index (χ1) is 8.72. The van der Waals surface area contributed by atoms with Gasteiger partial charge in [-0.3, -0.25) is 4.79 Å². The molecule has 18 heavy (non-hydrogen) atoms. The smallest absolute Gasteiger partial charge is 0.248 e. The number of likely N-dealkylation sites (tertiary alicyclic amines) is 1. The van der Waals surface area contributed by atoms with Gasteiger partial charge in [-0.05, 0) is 62.0 Å². The zero-order valence-electron chi connectivity index (χ0n) is 10.6. The van der Waals surface area contributed by atoms with Gasteiger partial charge in [-0.2, -0.15) is 0 Å². The van der Waals surface area contributed by atoms with Crippen molar-refractivity contribution in [1.29, 1.82) is 0 Å². The molecule has 1 aromatic heterocycles. The molecule has 0 bridgehead atoms. The number of nitrogens with zero attached hydrogens (tertiary/aromatic N) is 1. The average molecular weight is 242 g/mol. The second kappa shape index (κ2) is 4.58. The number of hydrogen-bond donors (Lipinski definition) is 1. The Hall–Kier alpha value is -1.61. The van der Waals surface area contributed by atoms with E-state index in [-0.39, 0.29) is 5.56 Å². The molecule has 1 saturated heterocycles. The van der Waals surface area contributed by atoms with Crippen LogP contribution in [0.1, 0.15) is 24.3 Å². The number of fused-ring (bicyclic) bond motifs is 1. The number of aromatic amines is 1. The molecule has 1 fully saturated rings. The van der Waals surface area contributed by atoms with Gasteiger partial charge in [0.2, 0.25) is 5.56 Å². The summed E-state index contributed by atoms with van der Waals surface area (Å²) in [5.41, 5.74) is 2.29. The van der Waals surface area contributed by atoms with Crippen LogP contribution in [0.3, 0.4) is 0 Å². The van der Waals surface area contributed by atoms with Gasteiger partial charge in [0, 0.05) is 11.6 Å². The van der Waals surface area contributed by atoms with Gasteiger partial charge < -0.3 is 9.88 Å². The fourth-order valence-electron chi connectivity index (χ4n) is 2.76. The Kier molecular flexibility index (Phi) is 2.92. The van der Waals surface area contributed by atoms with E-state index in [1.807, 2.05) is 6.07 Å². The highest BCUT2D eigenvalue weighted by molar-refractivity contribution is 5.78. The predicted molar refractivity (Wildman–Crippen MR) is 74.0 cm³/mol. The molecular weight excluding hydrogens is 224 g/mol. The number of rotatable bonds is 1. The molecule has 1 aliphatic heterocycles. The fraction of sp³-hybridized carbons (Fsp3) is 0.400. The number of hydrogen-bond acceptors (Lipinski definition) is 2. The lowest BCUT2D eigenvalue weighted by Gasteiger charge is -2.29. The Morgan fingerprint density at radius 2 is 1.89 bits per heavy atom. The second-order valence-corrected chi connectivity index (χ2v) is 5.25. The molecule has 0 saturated carbocycles. The largest absolute Gasteiger partial charge is 0.322 e. The molecule has 0 atom stereocenters. The van der Waals surface area contributed by atoms with Crippen molar-refractivity contribution in [1.82, 2.24) is 9.88 Å². The summed E-state index contributed by atoms with van der Waals surface area (Å²) in [5.74, 6) is 0.634. The lowest BCUT2D eigenvalue weighted by molar-refractivity contribution is 0.255. The summed E-state index contributed by atoms with van der Waals surface area (Å²) in [7, 11) is 2.17. The van der Waals surface area contributed by atoms with Gasteiger partial charge in [-0.1, -0.05) is 12.1 Å². The van der Waals surface area contributed by atoms with Crippen LogP contribution in [0.15, 0.2) is 35.1 Å². The van der Waals surface area contributed by atoms with E-state index in [2.05, 4.69) is 35.1 Å². The summed E-state index contributed by atoms with van der Waals surface area (Å²) in [6, 6.07) is 9.92. The molecule has 3 nitrogen and oxygen atoms in total. The molecular formula is C15H18N2O. The zero-order valence-corrected chi connectivity index (χ0v) is 10.6. The van der Waals surface area contributed by atoms with Gasteiger partial charge in [-0.25, -0.2) is 0 Å². The number of benzene rings is 1. The number of nitrogens with one attached hydrogen (secondary N) is 1. The lowest BCUT2D eigenvalue weighted by atomic mass is 9.89. The molecule has 1 aromatic carbocycles. The summed E-state index contributed by atoms with van der Waals surface area (Å²) >= 11 is 0. The topological polar surface area (TPSA) is 36.1 Å². The first-order valence-corrected chi connectivity index (χ1v) is 6.54. The van der Waals surface area contributed by atoms with Crippen LogP contribution in [0.5, 0.6) is 0 Å². The van der Waals surface area contributed by atoms with Crippen molar-refractivity contribution in [2.45, 2.75) is 18.8 Å². The van der Waals surface area contributed by atoms with E-state index in [1.54, 1.807) is 6.07 Å². The second-order valence-electron chi connectivity index (χ2n) is 5.25. The van der Waals surface area contributed by atoms with Crippen molar-refractivity contribution in [3.05, 3.63) is 46.2 Å². The number of aromatic nitrogens is 1. The summed E-state index contributed by atoms with van der Waals surface area (Å²) < 4.78 is 0. The summed E-state index contributed by atoms with van der Waals surface area (Å²) in [4.78, 5) is 16.6. The molecule has 1 N–H and O–H groups in total. The molecule has 1 aliphatic rings. The monoisotopic (exact) mass is 242 g/mol. The molecule has 0 unspecified atom stereocenters. The van der Waals surface area contributed by atoms with Gasteiger partial charge in [-0.15, -0.1) is 0 Å². The Morgan fingerprint density at radius 1 is 1.17 bits per heavy atom. The number of H-pyrrole nitrogens is 1. The zero-order chi connectivity index (χ0) is 12.5. The maximum Gasteiger partial charge on any atom is 0.248 e. The molecule has 0 spiro atoms. The Bertz CT molecular complexity index is 609. The predicted octanol–water partition coefficient (Wildman–Crippen LogP) is 2.34. The van der Waals surface area contributed by atoms with Crippen molar-refractivity contribution in [3.8, 4) is 0 Å². The average Bonchev–Trinajstić information content (AvgIpc) is 2.38. The van der Waals surface area contributed by atoms with Crippen LogP contribution in [0, 0.1) is 0 Å². The number of pyridine rings is 1. The molecule has 0 amide bonds. The van der Waals surface area contributed by atoms with Crippen molar-refractivity contribution < 1.29 is 0 Å².